The first-order valence-electron chi connectivity index (χ1n) is 7.45. The summed E-state index contributed by atoms with van der Waals surface area (Å²) in [5.74, 6) is 1.50. The van der Waals surface area contributed by atoms with Crippen LogP contribution in [0.25, 0.3) is 22.1 Å². The summed E-state index contributed by atoms with van der Waals surface area (Å²) in [5, 5.41) is 4.49. The molecule has 0 aliphatic heterocycles. The van der Waals surface area contributed by atoms with Gasteiger partial charge in [0.25, 0.3) is 0 Å². The van der Waals surface area contributed by atoms with E-state index in [9.17, 15) is 0 Å². The van der Waals surface area contributed by atoms with E-state index in [-0.39, 0.29) is 6.04 Å². The fourth-order valence-corrected chi connectivity index (χ4v) is 2.83. The molecule has 1 N–H and O–H groups in total. The van der Waals surface area contributed by atoms with E-state index in [2.05, 4.69) is 67.7 Å². The van der Waals surface area contributed by atoms with Crippen LogP contribution in [0.2, 0.25) is 0 Å². The van der Waals surface area contributed by atoms with Crippen LogP contribution in [-0.2, 0) is 0 Å². The van der Waals surface area contributed by atoms with Crippen LogP contribution in [0.3, 0.4) is 0 Å². The second kappa shape index (κ2) is 5.74. The molecule has 2 nitrogen and oxygen atoms in total. The zero-order valence-corrected chi connectivity index (χ0v) is 12.8. The van der Waals surface area contributed by atoms with Gasteiger partial charge in [0.05, 0.1) is 6.04 Å². The van der Waals surface area contributed by atoms with Gasteiger partial charge in [-0.15, -0.1) is 0 Å². The number of hydrogen-bond donors (Lipinski definition) is 1. The number of hydrogen-bond acceptors (Lipinski definition) is 2. The van der Waals surface area contributed by atoms with Crippen molar-refractivity contribution in [2.45, 2.75) is 19.9 Å². The molecule has 0 aliphatic carbocycles. The smallest absolute Gasteiger partial charge is 0.134 e. The number of nitrogens with one attached hydrogen (secondary N) is 1. The van der Waals surface area contributed by atoms with E-state index >= 15 is 0 Å². The number of rotatable bonds is 4. The molecule has 0 aliphatic rings. The van der Waals surface area contributed by atoms with Gasteiger partial charge >= 0.3 is 0 Å². The minimum Gasteiger partial charge on any atom is -0.459 e. The summed E-state index contributed by atoms with van der Waals surface area (Å²) >= 11 is 0. The lowest BCUT2D eigenvalue weighted by Gasteiger charge is -2.16. The summed E-state index contributed by atoms with van der Waals surface area (Å²) < 4.78 is 6.01. The van der Waals surface area contributed by atoms with Crippen molar-refractivity contribution in [1.82, 2.24) is 5.32 Å². The van der Waals surface area contributed by atoms with E-state index in [1.54, 1.807) is 0 Å². The third kappa shape index (κ3) is 2.72. The van der Waals surface area contributed by atoms with Crippen LogP contribution in [0.4, 0.5) is 0 Å². The molecule has 0 amide bonds. The molecule has 1 unspecified atom stereocenters. The standard InChI is InChI=1S/C19H21NO/c1-13(2)19(20-3)18-12-16-11-15(9-10-17(16)21-18)14-7-5-4-6-8-14/h4-13,19-20H,1-3H3. The Bertz CT molecular complexity index is 728. The van der Waals surface area contributed by atoms with Crippen molar-refractivity contribution in [3.63, 3.8) is 0 Å². The van der Waals surface area contributed by atoms with Crippen LogP contribution >= 0.6 is 0 Å². The molecule has 1 heterocycles. The molecule has 1 aromatic heterocycles. The van der Waals surface area contributed by atoms with Crippen molar-refractivity contribution in [2.75, 3.05) is 7.05 Å². The van der Waals surface area contributed by atoms with Crippen molar-refractivity contribution in [2.24, 2.45) is 5.92 Å². The Balaban J connectivity index is 2.03. The van der Waals surface area contributed by atoms with Gasteiger partial charge in [0, 0.05) is 5.39 Å². The van der Waals surface area contributed by atoms with Gasteiger partial charge in [0.15, 0.2) is 0 Å². The predicted octanol–water partition coefficient (Wildman–Crippen LogP) is 5.02. The Hall–Kier alpha value is -2.06. The van der Waals surface area contributed by atoms with Gasteiger partial charge in [0.2, 0.25) is 0 Å². The Labute approximate surface area is 125 Å². The molecule has 0 radical (unpaired) electrons. The Morgan fingerprint density at radius 3 is 2.33 bits per heavy atom. The molecule has 0 saturated carbocycles. The van der Waals surface area contributed by atoms with Crippen LogP contribution in [0.5, 0.6) is 0 Å². The predicted molar refractivity (Wildman–Crippen MR) is 88.3 cm³/mol. The zero-order valence-electron chi connectivity index (χ0n) is 12.8. The van der Waals surface area contributed by atoms with Crippen molar-refractivity contribution in [3.8, 4) is 11.1 Å². The summed E-state index contributed by atoms with van der Waals surface area (Å²) in [6.45, 7) is 4.40. The average molecular weight is 279 g/mol. The molecular formula is C19H21NO. The second-order valence-electron chi connectivity index (χ2n) is 5.78. The fraction of sp³-hybridized carbons (Fsp3) is 0.263. The van der Waals surface area contributed by atoms with Crippen LogP contribution in [0.1, 0.15) is 25.6 Å². The maximum absolute atomic E-state index is 6.01. The van der Waals surface area contributed by atoms with Gasteiger partial charge in [-0.05, 0) is 42.3 Å². The lowest BCUT2D eigenvalue weighted by molar-refractivity contribution is 0.371. The molecule has 108 valence electrons. The van der Waals surface area contributed by atoms with E-state index in [1.165, 1.54) is 11.1 Å². The molecule has 0 fully saturated rings. The number of fused-ring (bicyclic) bond motifs is 1. The highest BCUT2D eigenvalue weighted by atomic mass is 16.3. The van der Waals surface area contributed by atoms with E-state index in [4.69, 9.17) is 4.42 Å². The quantitative estimate of drug-likeness (QED) is 0.725. The third-order valence-electron chi connectivity index (χ3n) is 3.93. The van der Waals surface area contributed by atoms with Crippen molar-refractivity contribution in [1.29, 1.82) is 0 Å². The first-order chi connectivity index (χ1) is 10.2. The molecule has 0 spiro atoms. The van der Waals surface area contributed by atoms with Crippen LogP contribution in [0.15, 0.2) is 59.0 Å². The van der Waals surface area contributed by atoms with E-state index < -0.39 is 0 Å². The highest BCUT2D eigenvalue weighted by Gasteiger charge is 2.18. The topological polar surface area (TPSA) is 25.2 Å². The molecule has 2 aromatic carbocycles. The van der Waals surface area contributed by atoms with Crippen molar-refractivity contribution < 1.29 is 4.42 Å². The zero-order chi connectivity index (χ0) is 14.8. The number of benzene rings is 2. The Kier molecular flexibility index (Phi) is 3.80. The monoisotopic (exact) mass is 279 g/mol. The van der Waals surface area contributed by atoms with E-state index in [1.807, 2.05) is 13.1 Å². The van der Waals surface area contributed by atoms with Gasteiger partial charge in [-0.2, -0.15) is 0 Å². The Morgan fingerprint density at radius 2 is 1.67 bits per heavy atom. The summed E-state index contributed by atoms with van der Waals surface area (Å²) in [4.78, 5) is 0. The molecule has 3 rings (SSSR count). The van der Waals surface area contributed by atoms with E-state index in [0.717, 1.165) is 16.7 Å². The van der Waals surface area contributed by atoms with Gasteiger partial charge < -0.3 is 9.73 Å². The van der Waals surface area contributed by atoms with Crippen LogP contribution in [-0.4, -0.2) is 7.05 Å². The van der Waals surface area contributed by atoms with Gasteiger partial charge in [0.1, 0.15) is 11.3 Å². The van der Waals surface area contributed by atoms with Crippen molar-refractivity contribution in [3.05, 3.63) is 60.4 Å². The molecule has 1 atom stereocenters. The maximum atomic E-state index is 6.01. The summed E-state index contributed by atoms with van der Waals surface area (Å²) in [5.41, 5.74) is 3.41. The molecule has 0 bridgehead atoms. The highest BCUT2D eigenvalue weighted by Crippen LogP contribution is 2.31. The first kappa shape index (κ1) is 13.9. The SMILES string of the molecule is CNC(c1cc2cc(-c3ccccc3)ccc2o1)C(C)C. The van der Waals surface area contributed by atoms with Crippen LogP contribution in [0, 0.1) is 5.92 Å². The molecule has 0 saturated heterocycles. The lowest BCUT2D eigenvalue weighted by atomic mass is 10.0. The summed E-state index contributed by atoms with van der Waals surface area (Å²) in [6.07, 6.45) is 0. The molecular weight excluding hydrogens is 258 g/mol. The second-order valence-corrected chi connectivity index (χ2v) is 5.78. The maximum Gasteiger partial charge on any atom is 0.134 e. The van der Waals surface area contributed by atoms with E-state index in [0.29, 0.717) is 5.92 Å². The minimum atomic E-state index is 0.248. The van der Waals surface area contributed by atoms with Gasteiger partial charge in [-0.25, -0.2) is 0 Å². The van der Waals surface area contributed by atoms with Crippen molar-refractivity contribution >= 4 is 11.0 Å². The fourth-order valence-electron chi connectivity index (χ4n) is 2.83. The molecule has 21 heavy (non-hydrogen) atoms. The number of furan rings is 1. The largest absolute Gasteiger partial charge is 0.459 e. The highest BCUT2D eigenvalue weighted by molar-refractivity contribution is 5.84. The minimum absolute atomic E-state index is 0.248. The molecule has 3 aromatic rings. The average Bonchev–Trinajstić information content (AvgIpc) is 2.90. The summed E-state index contributed by atoms with van der Waals surface area (Å²) in [6, 6.07) is 19.2. The third-order valence-corrected chi connectivity index (χ3v) is 3.93. The summed E-state index contributed by atoms with van der Waals surface area (Å²) in [7, 11) is 1.98. The van der Waals surface area contributed by atoms with Crippen LogP contribution < -0.4 is 5.32 Å². The lowest BCUT2D eigenvalue weighted by Crippen LogP contribution is -2.20. The first-order valence-corrected chi connectivity index (χ1v) is 7.45. The molecule has 2 heteroatoms. The van der Waals surface area contributed by atoms with Gasteiger partial charge in [-0.1, -0.05) is 50.2 Å². The Morgan fingerprint density at radius 1 is 0.905 bits per heavy atom. The normalized spacial score (nSPS) is 13.0. The van der Waals surface area contributed by atoms with Gasteiger partial charge in [-0.3, -0.25) is 0 Å².